The molecule has 2 aromatic carbocycles. The van der Waals surface area contributed by atoms with Gasteiger partial charge in [0.1, 0.15) is 6.61 Å². The van der Waals surface area contributed by atoms with Crippen LogP contribution in [0.1, 0.15) is 36.8 Å². The van der Waals surface area contributed by atoms with Crippen LogP contribution in [0.4, 0.5) is 8.78 Å². The fourth-order valence-electron chi connectivity index (χ4n) is 4.92. The minimum Gasteiger partial charge on any atom is -0.488 e. The lowest BCUT2D eigenvalue weighted by atomic mass is 10.0. The van der Waals surface area contributed by atoms with Crippen molar-refractivity contribution in [3.8, 4) is 5.75 Å². The summed E-state index contributed by atoms with van der Waals surface area (Å²) in [5, 5.41) is 0.349. The predicted molar refractivity (Wildman–Crippen MR) is 153 cm³/mol. The highest BCUT2D eigenvalue weighted by atomic mass is 19.2. The Morgan fingerprint density at radius 1 is 0.829 bits per heavy atom. The van der Waals surface area contributed by atoms with Crippen LogP contribution in [-0.4, -0.2) is 91.6 Å². The van der Waals surface area contributed by atoms with E-state index in [1.807, 2.05) is 30.3 Å². The average molecular weight is 574 g/mol. The van der Waals surface area contributed by atoms with Crippen molar-refractivity contribution in [1.82, 2.24) is 14.4 Å². The normalized spacial score (nSPS) is 14.6. The summed E-state index contributed by atoms with van der Waals surface area (Å²) in [5.74, 6) is -1.96. The van der Waals surface area contributed by atoms with Crippen LogP contribution in [0.2, 0.25) is 0 Å². The van der Waals surface area contributed by atoms with E-state index in [0.717, 1.165) is 30.8 Å². The van der Waals surface area contributed by atoms with Gasteiger partial charge in [0, 0.05) is 50.2 Å². The lowest BCUT2D eigenvalue weighted by molar-refractivity contribution is 0.00594. The van der Waals surface area contributed by atoms with Gasteiger partial charge in [-0.25, -0.2) is 8.78 Å². The Bertz CT molecular complexity index is 1280. The van der Waals surface area contributed by atoms with Gasteiger partial charge in [-0.05, 0) is 32.4 Å². The van der Waals surface area contributed by atoms with E-state index >= 15 is 0 Å². The van der Waals surface area contributed by atoms with Gasteiger partial charge in [-0.3, -0.25) is 9.69 Å². The molecular weight excluding hydrogens is 532 g/mol. The highest BCUT2D eigenvalue weighted by Gasteiger charge is 2.32. The van der Waals surface area contributed by atoms with Crippen molar-refractivity contribution in [1.29, 1.82) is 0 Å². The fraction of sp³-hybridized carbons (Fsp3) is 0.516. The van der Waals surface area contributed by atoms with Crippen molar-refractivity contribution < 1.29 is 32.5 Å². The highest BCUT2D eigenvalue weighted by Crippen LogP contribution is 2.35. The SMILES string of the molecule is Cn1c(C(=O)N2CCN(C(C)(C)C)CC2)c(OCCOCCOCCOCc2ccccc2)c2cc(F)c(F)cc21. The number of piperazine rings is 1. The first kappa shape index (κ1) is 30.9. The smallest absolute Gasteiger partial charge is 0.274 e. The van der Waals surface area contributed by atoms with Crippen LogP contribution in [0.3, 0.4) is 0 Å². The molecule has 8 nitrogen and oxygen atoms in total. The van der Waals surface area contributed by atoms with E-state index in [0.29, 0.717) is 57.0 Å². The second-order valence-corrected chi connectivity index (χ2v) is 11.1. The Kier molecular flexibility index (Phi) is 10.7. The van der Waals surface area contributed by atoms with E-state index in [9.17, 15) is 13.6 Å². The maximum Gasteiger partial charge on any atom is 0.274 e. The van der Waals surface area contributed by atoms with Crippen molar-refractivity contribution >= 4 is 16.8 Å². The molecule has 10 heteroatoms. The second kappa shape index (κ2) is 14.2. The first-order chi connectivity index (χ1) is 19.7. The molecule has 1 aliphatic rings. The van der Waals surface area contributed by atoms with E-state index in [4.69, 9.17) is 18.9 Å². The Morgan fingerprint density at radius 2 is 1.41 bits per heavy atom. The lowest BCUT2D eigenvalue weighted by Crippen LogP contribution is -2.54. The van der Waals surface area contributed by atoms with Gasteiger partial charge in [0.05, 0.1) is 45.2 Å². The summed E-state index contributed by atoms with van der Waals surface area (Å²) >= 11 is 0. The lowest BCUT2D eigenvalue weighted by Gasteiger charge is -2.42. The molecule has 0 bridgehead atoms. The molecule has 0 aliphatic carbocycles. The molecule has 0 N–H and O–H groups in total. The molecule has 1 saturated heterocycles. The molecule has 0 saturated carbocycles. The molecule has 0 atom stereocenters. The number of aromatic nitrogens is 1. The number of amides is 1. The van der Waals surface area contributed by atoms with Crippen LogP contribution in [0.5, 0.6) is 5.75 Å². The number of ether oxygens (including phenoxy) is 4. The summed E-state index contributed by atoms with van der Waals surface area (Å²) in [6.45, 7) is 11.7. The van der Waals surface area contributed by atoms with E-state index < -0.39 is 11.6 Å². The molecule has 41 heavy (non-hydrogen) atoms. The largest absolute Gasteiger partial charge is 0.488 e. The minimum atomic E-state index is -0.994. The maximum absolute atomic E-state index is 14.2. The van der Waals surface area contributed by atoms with Crippen molar-refractivity contribution in [3.05, 3.63) is 65.4 Å². The summed E-state index contributed by atoms with van der Waals surface area (Å²) in [6.07, 6.45) is 0. The van der Waals surface area contributed by atoms with Crippen LogP contribution < -0.4 is 4.74 Å². The minimum absolute atomic E-state index is 0.0132. The summed E-state index contributed by atoms with van der Waals surface area (Å²) in [6, 6.07) is 12.1. The zero-order valence-electron chi connectivity index (χ0n) is 24.5. The number of aryl methyl sites for hydroxylation is 1. The number of hydrogen-bond donors (Lipinski definition) is 0. The molecule has 1 aliphatic heterocycles. The Balaban J connectivity index is 1.28. The van der Waals surface area contributed by atoms with Gasteiger partial charge in [0.15, 0.2) is 23.1 Å². The molecule has 2 heterocycles. The predicted octanol–water partition coefficient (Wildman–Crippen LogP) is 4.64. The first-order valence-corrected chi connectivity index (χ1v) is 14.1. The number of rotatable bonds is 13. The number of fused-ring (bicyclic) bond motifs is 1. The van der Waals surface area contributed by atoms with Crippen molar-refractivity contribution in [2.45, 2.75) is 32.9 Å². The van der Waals surface area contributed by atoms with Crippen LogP contribution in [0.15, 0.2) is 42.5 Å². The highest BCUT2D eigenvalue weighted by molar-refractivity contribution is 6.04. The fourth-order valence-corrected chi connectivity index (χ4v) is 4.92. The van der Waals surface area contributed by atoms with Crippen LogP contribution in [0.25, 0.3) is 10.9 Å². The van der Waals surface area contributed by atoms with Crippen molar-refractivity contribution in [3.63, 3.8) is 0 Å². The molecule has 0 unspecified atom stereocenters. The Labute approximate surface area is 240 Å². The zero-order chi connectivity index (χ0) is 29.4. The number of carbonyl (C=O) groups is 1. The average Bonchev–Trinajstić information content (AvgIpc) is 3.21. The first-order valence-electron chi connectivity index (χ1n) is 14.1. The summed E-state index contributed by atoms with van der Waals surface area (Å²) in [4.78, 5) is 17.8. The Hall–Kier alpha value is -3.05. The van der Waals surface area contributed by atoms with E-state index in [1.54, 1.807) is 16.5 Å². The van der Waals surface area contributed by atoms with E-state index in [1.165, 1.54) is 0 Å². The zero-order valence-corrected chi connectivity index (χ0v) is 24.5. The molecule has 4 rings (SSSR count). The summed E-state index contributed by atoms with van der Waals surface area (Å²) in [7, 11) is 1.67. The number of hydrogen-bond acceptors (Lipinski definition) is 6. The number of halogens is 2. The van der Waals surface area contributed by atoms with Crippen LogP contribution >= 0.6 is 0 Å². The number of carbonyl (C=O) groups excluding carboxylic acids is 1. The van der Waals surface area contributed by atoms with Crippen LogP contribution in [-0.2, 0) is 27.9 Å². The standard InChI is InChI=1S/C31H41F2N3O5/c1-31(2,3)36-12-10-35(11-13-36)30(37)28-29(24-20-25(32)26(33)21-27(24)34(28)4)41-19-18-39-15-14-38-16-17-40-22-23-8-6-5-7-9-23/h5-9,20-21H,10-19,22H2,1-4H3. The molecule has 1 aromatic heterocycles. The van der Waals surface area contributed by atoms with E-state index in [2.05, 4.69) is 25.7 Å². The molecular formula is C31H41F2N3O5. The van der Waals surface area contributed by atoms with Gasteiger partial charge in [0.25, 0.3) is 5.91 Å². The third kappa shape index (κ3) is 8.03. The molecule has 3 aromatic rings. The maximum atomic E-state index is 14.2. The van der Waals surface area contributed by atoms with Crippen molar-refractivity contribution in [2.75, 3.05) is 65.8 Å². The molecule has 0 radical (unpaired) electrons. The topological polar surface area (TPSA) is 65.4 Å². The number of nitrogens with zero attached hydrogens (tertiary/aromatic N) is 3. The van der Waals surface area contributed by atoms with Gasteiger partial charge in [-0.2, -0.15) is 0 Å². The van der Waals surface area contributed by atoms with Crippen LogP contribution in [0, 0.1) is 11.6 Å². The molecule has 1 fully saturated rings. The van der Waals surface area contributed by atoms with Gasteiger partial charge < -0.3 is 28.4 Å². The van der Waals surface area contributed by atoms with Gasteiger partial charge >= 0.3 is 0 Å². The molecule has 0 spiro atoms. The molecule has 224 valence electrons. The quantitative estimate of drug-likeness (QED) is 0.278. The second-order valence-electron chi connectivity index (χ2n) is 11.1. The van der Waals surface area contributed by atoms with Gasteiger partial charge in [0.2, 0.25) is 0 Å². The third-order valence-corrected chi connectivity index (χ3v) is 7.24. The van der Waals surface area contributed by atoms with E-state index in [-0.39, 0.29) is 36.1 Å². The van der Waals surface area contributed by atoms with Gasteiger partial charge in [-0.1, -0.05) is 30.3 Å². The summed E-state index contributed by atoms with van der Waals surface area (Å²) < 4.78 is 52.7. The van der Waals surface area contributed by atoms with Gasteiger partial charge in [-0.15, -0.1) is 0 Å². The molecule has 1 amide bonds. The third-order valence-electron chi connectivity index (χ3n) is 7.24. The summed E-state index contributed by atoms with van der Waals surface area (Å²) in [5.41, 5.74) is 1.79. The Morgan fingerprint density at radius 3 is 2.05 bits per heavy atom. The van der Waals surface area contributed by atoms with Crippen molar-refractivity contribution in [2.24, 2.45) is 7.05 Å². The number of benzene rings is 2. The monoisotopic (exact) mass is 573 g/mol.